The van der Waals surface area contributed by atoms with Crippen molar-refractivity contribution in [3.8, 4) is 0 Å². The number of piperidine rings is 1. The lowest BCUT2D eigenvalue weighted by Crippen LogP contribution is -2.50. The van der Waals surface area contributed by atoms with Gasteiger partial charge in [0.05, 0.1) is 0 Å². The number of hydrogen-bond donors (Lipinski definition) is 0. The maximum Gasteiger partial charge on any atom is 0.245 e. The summed E-state index contributed by atoms with van der Waals surface area (Å²) in [4.78, 5) is 28.5. The molecule has 2 aliphatic heterocycles. The van der Waals surface area contributed by atoms with E-state index in [1.807, 2.05) is 23.6 Å². The van der Waals surface area contributed by atoms with Crippen LogP contribution >= 0.6 is 0 Å². The summed E-state index contributed by atoms with van der Waals surface area (Å²) >= 11 is 0. The summed E-state index contributed by atoms with van der Waals surface area (Å²) in [5.74, 6) is 1.01. The number of hydrogen-bond acceptors (Lipinski definition) is 2. The molecule has 0 N–H and O–H groups in total. The predicted octanol–water partition coefficient (Wildman–Crippen LogP) is 1.89. The van der Waals surface area contributed by atoms with E-state index in [0.717, 1.165) is 51.2 Å². The van der Waals surface area contributed by atoms with Gasteiger partial charge in [-0.2, -0.15) is 0 Å². The Bertz CT molecular complexity index is 346. The molecule has 0 radical (unpaired) electrons. The van der Waals surface area contributed by atoms with Gasteiger partial charge in [-0.3, -0.25) is 9.59 Å². The van der Waals surface area contributed by atoms with Gasteiger partial charge in [0.15, 0.2) is 0 Å². The second-order valence-electron chi connectivity index (χ2n) is 6.35. The van der Waals surface area contributed by atoms with Crippen molar-refractivity contribution >= 4 is 11.8 Å². The van der Waals surface area contributed by atoms with Crippen molar-refractivity contribution in [2.24, 2.45) is 11.8 Å². The van der Waals surface area contributed by atoms with Gasteiger partial charge in [0, 0.05) is 25.6 Å². The van der Waals surface area contributed by atoms with Gasteiger partial charge in [-0.1, -0.05) is 20.8 Å². The number of amides is 2. The third-order valence-electron chi connectivity index (χ3n) is 4.41. The van der Waals surface area contributed by atoms with Gasteiger partial charge in [-0.25, -0.2) is 0 Å². The maximum absolute atomic E-state index is 12.6. The first-order valence-electron chi connectivity index (χ1n) is 7.60. The molecule has 2 rings (SSSR count). The minimum atomic E-state index is -0.191. The highest BCUT2D eigenvalue weighted by Crippen LogP contribution is 2.24. The Labute approximate surface area is 116 Å². The molecule has 2 heterocycles. The minimum Gasteiger partial charge on any atom is -0.341 e. The molecule has 2 aliphatic rings. The second-order valence-corrected chi connectivity index (χ2v) is 6.35. The summed E-state index contributed by atoms with van der Waals surface area (Å²) in [6.07, 6.45) is 3.98. The van der Waals surface area contributed by atoms with Crippen LogP contribution in [-0.2, 0) is 9.59 Å². The highest BCUT2D eigenvalue weighted by molar-refractivity contribution is 5.89. The number of nitrogens with zero attached hydrogens (tertiary/aromatic N) is 2. The molecule has 0 unspecified atom stereocenters. The third kappa shape index (κ3) is 3.10. The van der Waals surface area contributed by atoms with E-state index in [2.05, 4.69) is 6.92 Å². The summed E-state index contributed by atoms with van der Waals surface area (Å²) in [7, 11) is 0. The molecular formula is C15H26N2O2. The van der Waals surface area contributed by atoms with Gasteiger partial charge in [0.2, 0.25) is 11.8 Å². The third-order valence-corrected chi connectivity index (χ3v) is 4.41. The minimum absolute atomic E-state index is 0.0187. The molecule has 19 heavy (non-hydrogen) atoms. The Morgan fingerprint density at radius 1 is 1.05 bits per heavy atom. The molecule has 2 saturated heterocycles. The summed E-state index contributed by atoms with van der Waals surface area (Å²) < 4.78 is 0. The largest absolute Gasteiger partial charge is 0.341 e. The van der Waals surface area contributed by atoms with Crippen LogP contribution in [0.5, 0.6) is 0 Å². The van der Waals surface area contributed by atoms with Gasteiger partial charge in [0.25, 0.3) is 0 Å². The van der Waals surface area contributed by atoms with Crippen molar-refractivity contribution in [1.82, 2.24) is 9.80 Å². The summed E-state index contributed by atoms with van der Waals surface area (Å²) in [6, 6.07) is -0.191. The van der Waals surface area contributed by atoms with Gasteiger partial charge in [-0.15, -0.1) is 0 Å². The zero-order valence-electron chi connectivity index (χ0n) is 12.4. The molecule has 4 heteroatoms. The molecule has 0 bridgehead atoms. The Hall–Kier alpha value is -1.06. The topological polar surface area (TPSA) is 40.6 Å². The molecule has 2 amide bonds. The predicted molar refractivity (Wildman–Crippen MR) is 74.6 cm³/mol. The summed E-state index contributed by atoms with van der Waals surface area (Å²) in [5.41, 5.74) is 0. The molecule has 2 fully saturated rings. The van der Waals surface area contributed by atoms with Crippen molar-refractivity contribution in [1.29, 1.82) is 0 Å². The van der Waals surface area contributed by atoms with Crippen LogP contribution in [0, 0.1) is 11.8 Å². The molecule has 0 aromatic rings. The van der Waals surface area contributed by atoms with Crippen LogP contribution in [0.2, 0.25) is 0 Å². The number of carbonyl (C=O) groups is 2. The summed E-state index contributed by atoms with van der Waals surface area (Å²) in [5, 5.41) is 0. The van der Waals surface area contributed by atoms with Gasteiger partial charge < -0.3 is 9.80 Å². The van der Waals surface area contributed by atoms with E-state index in [4.69, 9.17) is 0 Å². The molecule has 0 aromatic heterocycles. The lowest BCUT2D eigenvalue weighted by atomic mass is 9.98. The average Bonchev–Trinajstić information content (AvgIpc) is 2.86. The van der Waals surface area contributed by atoms with Crippen LogP contribution in [0.15, 0.2) is 0 Å². The first kappa shape index (κ1) is 14.4. The van der Waals surface area contributed by atoms with Crippen LogP contribution in [0.4, 0.5) is 0 Å². The van der Waals surface area contributed by atoms with E-state index < -0.39 is 0 Å². The average molecular weight is 266 g/mol. The molecule has 4 nitrogen and oxygen atoms in total. The Kier molecular flexibility index (Phi) is 4.48. The molecule has 0 aliphatic carbocycles. The van der Waals surface area contributed by atoms with Crippen LogP contribution in [0.25, 0.3) is 0 Å². The lowest BCUT2D eigenvalue weighted by Gasteiger charge is -2.35. The van der Waals surface area contributed by atoms with Crippen molar-refractivity contribution in [3.63, 3.8) is 0 Å². The fourth-order valence-corrected chi connectivity index (χ4v) is 3.06. The van der Waals surface area contributed by atoms with Crippen LogP contribution in [0.3, 0.4) is 0 Å². The van der Waals surface area contributed by atoms with Crippen molar-refractivity contribution < 1.29 is 9.59 Å². The standard InChI is InChI=1S/C15H26N2O2/c1-11(2)14(18)17-8-4-5-13(17)15(19)16-9-6-12(3)7-10-16/h11-13H,4-10H2,1-3H3/t13-/m1/s1. The van der Waals surface area contributed by atoms with E-state index >= 15 is 0 Å². The first-order chi connectivity index (χ1) is 9.00. The molecule has 108 valence electrons. The lowest BCUT2D eigenvalue weighted by molar-refractivity contribution is -0.146. The number of likely N-dealkylation sites (tertiary alicyclic amines) is 2. The molecule has 1 atom stereocenters. The van der Waals surface area contributed by atoms with Crippen LogP contribution in [0.1, 0.15) is 46.5 Å². The monoisotopic (exact) mass is 266 g/mol. The highest BCUT2D eigenvalue weighted by Gasteiger charge is 2.37. The van der Waals surface area contributed by atoms with E-state index in [1.54, 1.807) is 0 Å². The van der Waals surface area contributed by atoms with E-state index in [-0.39, 0.29) is 23.8 Å². The number of carbonyl (C=O) groups excluding carboxylic acids is 2. The maximum atomic E-state index is 12.6. The normalized spacial score (nSPS) is 25.2. The Balaban J connectivity index is 1.99. The highest BCUT2D eigenvalue weighted by atomic mass is 16.2. The van der Waals surface area contributed by atoms with E-state index in [0.29, 0.717) is 0 Å². The van der Waals surface area contributed by atoms with Crippen LogP contribution < -0.4 is 0 Å². The van der Waals surface area contributed by atoms with Crippen molar-refractivity contribution in [2.75, 3.05) is 19.6 Å². The molecular weight excluding hydrogens is 240 g/mol. The SMILES string of the molecule is CC1CCN(C(=O)[C@H]2CCCN2C(=O)C(C)C)CC1. The second kappa shape index (κ2) is 5.93. The fraction of sp³-hybridized carbons (Fsp3) is 0.867. The van der Waals surface area contributed by atoms with E-state index in [9.17, 15) is 9.59 Å². The molecule has 0 spiro atoms. The fourth-order valence-electron chi connectivity index (χ4n) is 3.06. The Morgan fingerprint density at radius 3 is 2.26 bits per heavy atom. The quantitative estimate of drug-likeness (QED) is 0.766. The smallest absolute Gasteiger partial charge is 0.245 e. The molecule has 0 aromatic carbocycles. The van der Waals surface area contributed by atoms with Crippen molar-refractivity contribution in [2.45, 2.75) is 52.5 Å². The zero-order chi connectivity index (χ0) is 14.0. The van der Waals surface area contributed by atoms with Gasteiger partial charge in [-0.05, 0) is 31.6 Å². The van der Waals surface area contributed by atoms with Crippen molar-refractivity contribution in [3.05, 3.63) is 0 Å². The van der Waals surface area contributed by atoms with Gasteiger partial charge >= 0.3 is 0 Å². The zero-order valence-corrected chi connectivity index (χ0v) is 12.4. The van der Waals surface area contributed by atoms with E-state index in [1.165, 1.54) is 0 Å². The first-order valence-corrected chi connectivity index (χ1v) is 7.60. The summed E-state index contributed by atoms with van der Waals surface area (Å²) in [6.45, 7) is 8.53. The Morgan fingerprint density at radius 2 is 1.68 bits per heavy atom. The van der Waals surface area contributed by atoms with Crippen LogP contribution in [-0.4, -0.2) is 47.3 Å². The number of rotatable bonds is 2. The molecule has 0 saturated carbocycles. The van der Waals surface area contributed by atoms with Gasteiger partial charge in [0.1, 0.15) is 6.04 Å².